The zero-order valence-electron chi connectivity index (χ0n) is 11.2. The monoisotopic (exact) mass is 324 g/mol. The smallest absolute Gasteiger partial charge is 0.425 e. The Bertz CT molecular complexity index is 719. The topological polar surface area (TPSA) is 69.7 Å². The molecule has 2 rings (SSSR count). The summed E-state index contributed by atoms with van der Waals surface area (Å²) in [7, 11) is -5.76. The highest BCUT2D eigenvalue weighted by molar-refractivity contribution is 7.88. The molecule has 0 amide bonds. The molecule has 1 aromatic rings. The molecule has 0 fully saturated rings. The minimum Gasteiger partial charge on any atom is -0.425 e. The average Bonchev–Trinajstić information content (AvgIpc) is 2.50. The number of halogens is 3. The van der Waals surface area contributed by atoms with Crippen LogP contribution < -0.4 is 8.92 Å². The van der Waals surface area contributed by atoms with E-state index >= 15 is 0 Å². The third-order valence-electron chi connectivity index (χ3n) is 3.12. The second kappa shape index (κ2) is 4.36. The minimum atomic E-state index is -5.76. The lowest BCUT2D eigenvalue weighted by Crippen LogP contribution is -2.28. The summed E-state index contributed by atoms with van der Waals surface area (Å²) in [6.07, 6.45) is 0. The van der Waals surface area contributed by atoms with Gasteiger partial charge in [0.25, 0.3) is 0 Å². The summed E-state index contributed by atoms with van der Waals surface area (Å²) < 4.78 is 68.1. The van der Waals surface area contributed by atoms with E-state index in [1.54, 1.807) is 0 Å². The zero-order chi connectivity index (χ0) is 16.2. The standard InChI is InChI=1S/C12H11F3O5S/c1-6-4-7(20-21(17,18)12(13,14)15)5-8-9(6)19-10(16)11(8,2)3/h4-5H,1-3H3. The van der Waals surface area contributed by atoms with E-state index in [-0.39, 0.29) is 11.3 Å². The summed E-state index contributed by atoms with van der Waals surface area (Å²) in [6.45, 7) is 4.51. The van der Waals surface area contributed by atoms with Gasteiger partial charge in [-0.05, 0) is 38.5 Å². The van der Waals surface area contributed by atoms with Crippen LogP contribution in [-0.4, -0.2) is 19.9 Å². The fraction of sp³-hybridized carbons (Fsp3) is 0.417. The van der Waals surface area contributed by atoms with E-state index in [2.05, 4.69) is 4.18 Å². The number of rotatable bonds is 2. The van der Waals surface area contributed by atoms with Crippen molar-refractivity contribution in [1.29, 1.82) is 0 Å². The Hall–Kier alpha value is -1.77. The Kier molecular flexibility index (Phi) is 3.24. The van der Waals surface area contributed by atoms with Crippen molar-refractivity contribution in [2.24, 2.45) is 0 Å². The number of benzene rings is 1. The van der Waals surface area contributed by atoms with Crippen LogP contribution in [0.25, 0.3) is 0 Å². The lowest BCUT2D eigenvalue weighted by atomic mass is 9.85. The molecule has 0 N–H and O–H groups in total. The Labute approximate surface area is 118 Å². The van der Waals surface area contributed by atoms with Crippen molar-refractivity contribution < 1.29 is 35.3 Å². The molecule has 0 atom stereocenters. The highest BCUT2D eigenvalue weighted by atomic mass is 32.2. The van der Waals surface area contributed by atoms with Crippen LogP contribution in [0.4, 0.5) is 13.2 Å². The van der Waals surface area contributed by atoms with Crippen LogP contribution in [0.15, 0.2) is 12.1 Å². The second-order valence-corrected chi connectivity index (χ2v) is 6.65. The summed E-state index contributed by atoms with van der Waals surface area (Å²) in [5.74, 6) is -0.881. The number of hydrogen-bond acceptors (Lipinski definition) is 5. The molecule has 0 saturated heterocycles. The van der Waals surface area contributed by atoms with Gasteiger partial charge in [0, 0.05) is 5.56 Å². The Balaban J connectivity index is 2.50. The first-order chi connectivity index (χ1) is 9.36. The van der Waals surface area contributed by atoms with Crippen molar-refractivity contribution in [1.82, 2.24) is 0 Å². The van der Waals surface area contributed by atoms with Gasteiger partial charge >= 0.3 is 21.6 Å². The molecule has 116 valence electrons. The first-order valence-corrected chi connectivity index (χ1v) is 7.15. The van der Waals surface area contributed by atoms with Gasteiger partial charge in [-0.3, -0.25) is 4.79 Å². The lowest BCUT2D eigenvalue weighted by Gasteiger charge is -2.15. The molecular formula is C12H11F3O5S. The van der Waals surface area contributed by atoms with Crippen LogP contribution in [0.1, 0.15) is 25.0 Å². The van der Waals surface area contributed by atoms with Gasteiger partial charge in [0.1, 0.15) is 11.5 Å². The first-order valence-electron chi connectivity index (χ1n) is 5.74. The van der Waals surface area contributed by atoms with E-state index in [1.807, 2.05) is 0 Å². The number of carbonyl (C=O) groups excluding carboxylic acids is 1. The Morgan fingerprint density at radius 2 is 1.81 bits per heavy atom. The van der Waals surface area contributed by atoms with Crippen molar-refractivity contribution in [3.63, 3.8) is 0 Å². The third-order valence-corrected chi connectivity index (χ3v) is 4.09. The molecule has 0 saturated carbocycles. The molecule has 5 nitrogen and oxygen atoms in total. The molecule has 1 aliphatic heterocycles. The predicted octanol–water partition coefficient (Wildman–Crippen LogP) is 2.42. The van der Waals surface area contributed by atoms with Crippen LogP contribution in [-0.2, 0) is 20.3 Å². The molecule has 1 aliphatic rings. The van der Waals surface area contributed by atoms with Crippen molar-refractivity contribution in [3.8, 4) is 11.5 Å². The predicted molar refractivity (Wildman–Crippen MR) is 65.4 cm³/mol. The van der Waals surface area contributed by atoms with E-state index in [0.29, 0.717) is 5.56 Å². The molecule has 0 bridgehead atoms. The SMILES string of the molecule is Cc1cc(OS(=O)(=O)C(F)(F)F)cc2c1OC(=O)C2(C)C. The number of hydrogen-bond donors (Lipinski definition) is 0. The van der Waals surface area contributed by atoms with Crippen molar-refractivity contribution >= 4 is 16.1 Å². The quantitative estimate of drug-likeness (QED) is 0.362. The van der Waals surface area contributed by atoms with Gasteiger partial charge in [0.05, 0.1) is 5.41 Å². The average molecular weight is 324 g/mol. The highest BCUT2D eigenvalue weighted by Crippen LogP contribution is 2.44. The molecular weight excluding hydrogens is 313 g/mol. The van der Waals surface area contributed by atoms with Gasteiger partial charge in [0.2, 0.25) is 0 Å². The molecule has 9 heteroatoms. The molecule has 1 heterocycles. The van der Waals surface area contributed by atoms with E-state index in [1.165, 1.54) is 20.8 Å². The van der Waals surface area contributed by atoms with Crippen molar-refractivity contribution in [2.75, 3.05) is 0 Å². The molecule has 0 spiro atoms. The van der Waals surface area contributed by atoms with Gasteiger partial charge in [0.15, 0.2) is 0 Å². The van der Waals surface area contributed by atoms with Gasteiger partial charge in [-0.15, -0.1) is 0 Å². The van der Waals surface area contributed by atoms with Crippen molar-refractivity contribution in [2.45, 2.75) is 31.7 Å². The van der Waals surface area contributed by atoms with E-state index < -0.39 is 32.8 Å². The Morgan fingerprint density at radius 1 is 1.24 bits per heavy atom. The maximum absolute atomic E-state index is 12.3. The van der Waals surface area contributed by atoms with Gasteiger partial charge in [-0.2, -0.15) is 21.6 Å². The van der Waals surface area contributed by atoms with Crippen LogP contribution in [0.3, 0.4) is 0 Å². The summed E-state index contributed by atoms with van der Waals surface area (Å²) >= 11 is 0. The van der Waals surface area contributed by atoms with Crippen molar-refractivity contribution in [3.05, 3.63) is 23.3 Å². The fourth-order valence-corrected chi connectivity index (χ4v) is 2.34. The largest absolute Gasteiger partial charge is 0.534 e. The number of aryl methyl sites for hydroxylation is 1. The third kappa shape index (κ3) is 2.45. The second-order valence-electron chi connectivity index (χ2n) is 5.11. The summed E-state index contributed by atoms with van der Waals surface area (Å²) in [6, 6.07) is 2.13. The summed E-state index contributed by atoms with van der Waals surface area (Å²) in [5, 5.41) is 0. The number of esters is 1. The molecule has 0 unspecified atom stereocenters. The molecule has 1 aromatic carbocycles. The van der Waals surface area contributed by atoms with Crippen LogP contribution in [0, 0.1) is 6.92 Å². The molecule has 0 aliphatic carbocycles. The van der Waals surface area contributed by atoms with Crippen LogP contribution in [0.2, 0.25) is 0 Å². The highest BCUT2D eigenvalue weighted by Gasteiger charge is 2.49. The van der Waals surface area contributed by atoms with Crippen LogP contribution in [0.5, 0.6) is 11.5 Å². The van der Waals surface area contributed by atoms with Crippen LogP contribution >= 0.6 is 0 Å². The first kappa shape index (κ1) is 15.6. The molecule has 0 aromatic heterocycles. The van der Waals surface area contributed by atoms with Gasteiger partial charge in [-0.25, -0.2) is 0 Å². The molecule has 0 radical (unpaired) electrons. The fourth-order valence-electron chi connectivity index (χ4n) is 1.89. The normalized spacial score (nSPS) is 17.3. The zero-order valence-corrected chi connectivity index (χ0v) is 12.1. The summed E-state index contributed by atoms with van der Waals surface area (Å²) in [4.78, 5) is 11.7. The van der Waals surface area contributed by atoms with E-state index in [4.69, 9.17) is 4.74 Å². The van der Waals surface area contributed by atoms with Gasteiger partial charge in [-0.1, -0.05) is 0 Å². The number of alkyl halides is 3. The molecule has 21 heavy (non-hydrogen) atoms. The number of carbonyl (C=O) groups is 1. The maximum atomic E-state index is 12.3. The summed E-state index contributed by atoms with van der Waals surface area (Å²) in [5.41, 5.74) is -6.04. The lowest BCUT2D eigenvalue weighted by molar-refractivity contribution is -0.137. The van der Waals surface area contributed by atoms with E-state index in [0.717, 1.165) is 12.1 Å². The minimum absolute atomic E-state index is 0.210. The van der Waals surface area contributed by atoms with E-state index in [9.17, 15) is 26.4 Å². The van der Waals surface area contributed by atoms with Gasteiger partial charge < -0.3 is 8.92 Å². The Morgan fingerprint density at radius 3 is 2.33 bits per heavy atom. The number of fused-ring (bicyclic) bond motifs is 1. The number of ether oxygens (including phenoxy) is 1. The maximum Gasteiger partial charge on any atom is 0.534 e.